The summed E-state index contributed by atoms with van der Waals surface area (Å²) in [6.07, 6.45) is 4.45. The van der Waals surface area contributed by atoms with E-state index in [1.165, 1.54) is 0 Å². The van der Waals surface area contributed by atoms with E-state index in [1.807, 2.05) is 6.07 Å². The molecule has 0 bridgehead atoms. The highest BCUT2D eigenvalue weighted by Gasteiger charge is 2.07. The molecule has 0 saturated carbocycles. The summed E-state index contributed by atoms with van der Waals surface area (Å²) in [6.45, 7) is 4.09. The maximum Gasteiger partial charge on any atom is 0.348 e. The number of allylic oxidation sites excluding steroid dienone is 1. The number of esters is 1. The van der Waals surface area contributed by atoms with Crippen LogP contribution in [-0.2, 0) is 9.53 Å². The van der Waals surface area contributed by atoms with Crippen molar-refractivity contribution in [3.05, 3.63) is 11.6 Å². The Morgan fingerprint density at radius 1 is 1.54 bits per heavy atom. The molecule has 0 rings (SSSR count). The van der Waals surface area contributed by atoms with Crippen LogP contribution < -0.4 is 0 Å². The molecule has 3 nitrogen and oxygen atoms in total. The Labute approximate surface area is 79.0 Å². The summed E-state index contributed by atoms with van der Waals surface area (Å²) >= 11 is 0. The number of carbonyl (C=O) groups excluding carboxylic acids is 1. The first-order valence-corrected chi connectivity index (χ1v) is 4.53. The van der Waals surface area contributed by atoms with Gasteiger partial charge in [0.05, 0.1) is 6.61 Å². The molecule has 0 aliphatic carbocycles. The summed E-state index contributed by atoms with van der Waals surface area (Å²) in [5.74, 6) is -0.513. The highest BCUT2D eigenvalue weighted by atomic mass is 16.5. The fourth-order valence-corrected chi connectivity index (χ4v) is 0.834. The van der Waals surface area contributed by atoms with E-state index in [0.717, 1.165) is 19.3 Å². The predicted molar refractivity (Wildman–Crippen MR) is 49.9 cm³/mol. The molecule has 0 N–H and O–H groups in total. The highest BCUT2D eigenvalue weighted by molar-refractivity contribution is 5.92. The summed E-state index contributed by atoms with van der Waals surface area (Å²) in [5.41, 5.74) is 0.121. The lowest BCUT2D eigenvalue weighted by Crippen LogP contribution is -2.06. The second-order valence-corrected chi connectivity index (χ2v) is 2.59. The van der Waals surface area contributed by atoms with Gasteiger partial charge in [-0.15, -0.1) is 0 Å². The summed E-state index contributed by atoms with van der Waals surface area (Å²) < 4.78 is 4.70. The van der Waals surface area contributed by atoms with E-state index in [0.29, 0.717) is 6.61 Å². The number of nitrogens with zero attached hydrogens (tertiary/aromatic N) is 1. The topological polar surface area (TPSA) is 50.1 Å². The number of hydrogen-bond acceptors (Lipinski definition) is 3. The highest BCUT2D eigenvalue weighted by Crippen LogP contribution is 2.02. The first-order valence-electron chi connectivity index (χ1n) is 4.53. The van der Waals surface area contributed by atoms with Crippen LogP contribution in [0.1, 0.15) is 33.1 Å². The minimum absolute atomic E-state index is 0.121. The number of hydrogen-bond donors (Lipinski definition) is 0. The minimum atomic E-state index is -0.513. The molecule has 72 valence electrons. The zero-order valence-electron chi connectivity index (χ0n) is 8.17. The number of unbranched alkanes of at least 4 members (excludes halogenated alkanes) is 2. The standard InChI is InChI=1S/C10H15NO2/c1-3-5-6-7-9(8-11)10(12)13-4-2/h7H,3-6H2,1-2H3/b9-7-. The third kappa shape index (κ3) is 5.02. The minimum Gasteiger partial charge on any atom is -0.462 e. The van der Waals surface area contributed by atoms with Crippen LogP contribution >= 0.6 is 0 Å². The first kappa shape index (κ1) is 11.7. The molecule has 0 spiro atoms. The van der Waals surface area contributed by atoms with Crippen LogP contribution in [0.25, 0.3) is 0 Å². The van der Waals surface area contributed by atoms with Crippen molar-refractivity contribution >= 4 is 5.97 Å². The van der Waals surface area contributed by atoms with Crippen molar-refractivity contribution < 1.29 is 9.53 Å². The van der Waals surface area contributed by atoms with Crippen LogP contribution in [0.2, 0.25) is 0 Å². The smallest absolute Gasteiger partial charge is 0.348 e. The van der Waals surface area contributed by atoms with Gasteiger partial charge >= 0.3 is 5.97 Å². The van der Waals surface area contributed by atoms with Crippen LogP contribution in [0.15, 0.2) is 11.6 Å². The van der Waals surface area contributed by atoms with Gasteiger partial charge in [-0.1, -0.05) is 25.8 Å². The van der Waals surface area contributed by atoms with Crippen LogP contribution in [0, 0.1) is 11.3 Å². The van der Waals surface area contributed by atoms with E-state index in [4.69, 9.17) is 10.00 Å². The summed E-state index contributed by atoms with van der Waals surface area (Å²) in [6, 6.07) is 1.83. The Bertz CT molecular complexity index is 226. The van der Waals surface area contributed by atoms with E-state index in [-0.39, 0.29) is 5.57 Å². The lowest BCUT2D eigenvalue weighted by atomic mass is 10.2. The summed E-state index contributed by atoms with van der Waals surface area (Å²) in [7, 11) is 0. The van der Waals surface area contributed by atoms with Crippen molar-refractivity contribution in [1.82, 2.24) is 0 Å². The molecule has 0 heterocycles. The van der Waals surface area contributed by atoms with Crippen molar-refractivity contribution in [2.24, 2.45) is 0 Å². The van der Waals surface area contributed by atoms with Gasteiger partial charge in [0, 0.05) is 0 Å². The molecule has 0 saturated heterocycles. The molecule has 0 amide bonds. The van der Waals surface area contributed by atoms with E-state index in [1.54, 1.807) is 13.0 Å². The van der Waals surface area contributed by atoms with E-state index < -0.39 is 5.97 Å². The maximum absolute atomic E-state index is 11.1. The average molecular weight is 181 g/mol. The van der Waals surface area contributed by atoms with Crippen molar-refractivity contribution in [3.63, 3.8) is 0 Å². The summed E-state index contributed by atoms with van der Waals surface area (Å²) in [5, 5.41) is 8.60. The zero-order valence-corrected chi connectivity index (χ0v) is 8.17. The molecular formula is C10H15NO2. The molecule has 0 atom stereocenters. The Kier molecular flexibility index (Phi) is 6.62. The van der Waals surface area contributed by atoms with Gasteiger partial charge in [-0.3, -0.25) is 0 Å². The largest absolute Gasteiger partial charge is 0.462 e. The molecule has 0 aromatic carbocycles. The number of carbonyl (C=O) groups is 1. The molecule has 0 radical (unpaired) electrons. The molecule has 0 aromatic rings. The molecule has 0 aliphatic rings. The number of rotatable bonds is 5. The molecule has 0 unspecified atom stereocenters. The molecular weight excluding hydrogens is 166 g/mol. The van der Waals surface area contributed by atoms with Gasteiger partial charge in [-0.05, 0) is 13.3 Å². The molecule has 3 heteroatoms. The van der Waals surface area contributed by atoms with Gasteiger partial charge < -0.3 is 4.74 Å². The second-order valence-electron chi connectivity index (χ2n) is 2.59. The summed E-state index contributed by atoms with van der Waals surface area (Å²) in [4.78, 5) is 11.1. The number of ether oxygens (including phenoxy) is 1. The normalized spacial score (nSPS) is 10.7. The van der Waals surface area contributed by atoms with Gasteiger partial charge in [0.15, 0.2) is 0 Å². The second kappa shape index (κ2) is 7.35. The number of nitriles is 1. The fraction of sp³-hybridized carbons (Fsp3) is 0.600. The predicted octanol–water partition coefficient (Wildman–Crippen LogP) is 2.19. The monoisotopic (exact) mass is 181 g/mol. The van der Waals surface area contributed by atoms with Crippen LogP contribution in [0.5, 0.6) is 0 Å². The van der Waals surface area contributed by atoms with Crippen molar-refractivity contribution in [1.29, 1.82) is 5.26 Å². The SMILES string of the molecule is CCCC/C=C(/C#N)C(=O)OCC. The maximum atomic E-state index is 11.1. The fourth-order valence-electron chi connectivity index (χ4n) is 0.834. The van der Waals surface area contributed by atoms with Gasteiger partial charge in [-0.25, -0.2) is 4.79 Å². The van der Waals surface area contributed by atoms with Gasteiger partial charge in [-0.2, -0.15) is 5.26 Å². The van der Waals surface area contributed by atoms with E-state index >= 15 is 0 Å². The third-order valence-corrected chi connectivity index (χ3v) is 1.52. The van der Waals surface area contributed by atoms with Gasteiger partial charge in [0.2, 0.25) is 0 Å². The Morgan fingerprint density at radius 2 is 2.23 bits per heavy atom. The lowest BCUT2D eigenvalue weighted by Gasteiger charge is -1.98. The molecule has 13 heavy (non-hydrogen) atoms. The first-order chi connectivity index (χ1) is 6.26. The molecule has 0 fully saturated rings. The third-order valence-electron chi connectivity index (χ3n) is 1.52. The van der Waals surface area contributed by atoms with Crippen LogP contribution in [-0.4, -0.2) is 12.6 Å². The van der Waals surface area contributed by atoms with Gasteiger partial charge in [0.25, 0.3) is 0 Å². The van der Waals surface area contributed by atoms with Crippen molar-refractivity contribution in [2.45, 2.75) is 33.1 Å². The Hall–Kier alpha value is -1.30. The Morgan fingerprint density at radius 3 is 2.69 bits per heavy atom. The van der Waals surface area contributed by atoms with Crippen molar-refractivity contribution in [2.75, 3.05) is 6.61 Å². The van der Waals surface area contributed by atoms with Crippen molar-refractivity contribution in [3.8, 4) is 6.07 Å². The quantitative estimate of drug-likeness (QED) is 0.283. The molecule has 0 aliphatic heterocycles. The zero-order chi connectivity index (χ0) is 10.1. The van der Waals surface area contributed by atoms with Crippen LogP contribution in [0.4, 0.5) is 0 Å². The van der Waals surface area contributed by atoms with Crippen LogP contribution in [0.3, 0.4) is 0 Å². The molecule has 0 aromatic heterocycles. The average Bonchev–Trinajstić information content (AvgIpc) is 2.13. The lowest BCUT2D eigenvalue weighted by molar-refractivity contribution is -0.138. The van der Waals surface area contributed by atoms with E-state index in [2.05, 4.69) is 6.92 Å². The Balaban J connectivity index is 4.09. The van der Waals surface area contributed by atoms with Gasteiger partial charge in [0.1, 0.15) is 11.6 Å². The van der Waals surface area contributed by atoms with E-state index in [9.17, 15) is 4.79 Å².